The van der Waals surface area contributed by atoms with Crippen LogP contribution < -0.4 is 5.01 Å². The third kappa shape index (κ3) is 4.20. The summed E-state index contributed by atoms with van der Waals surface area (Å²) >= 11 is 0. The smallest absolute Gasteiger partial charge is 0.311 e. The highest BCUT2D eigenvalue weighted by atomic mass is 16.5. The molecule has 0 spiro atoms. The maximum Gasteiger partial charge on any atom is 0.311 e. The van der Waals surface area contributed by atoms with Gasteiger partial charge in [-0.05, 0) is 86.6 Å². The number of hydrogen-bond acceptors (Lipinski definition) is 5. The lowest BCUT2D eigenvalue weighted by Gasteiger charge is -2.56. The SMILES string of the molecule is COC(=O)CC1=NN(c2ccccc2)C(=O)/C1=C/c1cn(-c2ccccc2)nc1C12CC3CC(CC(C3)C1)C2. The van der Waals surface area contributed by atoms with E-state index in [0.717, 1.165) is 54.0 Å². The van der Waals surface area contributed by atoms with Gasteiger partial charge in [0.25, 0.3) is 5.91 Å². The van der Waals surface area contributed by atoms with E-state index >= 15 is 0 Å². The average Bonchev–Trinajstić information content (AvgIpc) is 3.51. The van der Waals surface area contributed by atoms with E-state index in [4.69, 9.17) is 9.84 Å². The summed E-state index contributed by atoms with van der Waals surface area (Å²) < 4.78 is 6.89. The number of esters is 1. The summed E-state index contributed by atoms with van der Waals surface area (Å²) in [5.74, 6) is 1.61. The van der Waals surface area contributed by atoms with E-state index in [1.54, 1.807) is 0 Å². The highest BCUT2D eigenvalue weighted by molar-refractivity contribution is 6.34. The average molecular weight is 521 g/mol. The van der Waals surface area contributed by atoms with Crippen LogP contribution >= 0.6 is 0 Å². The zero-order chi connectivity index (χ0) is 26.6. The monoisotopic (exact) mass is 520 g/mol. The van der Waals surface area contributed by atoms with E-state index in [0.29, 0.717) is 17.0 Å². The summed E-state index contributed by atoms with van der Waals surface area (Å²) in [5, 5.41) is 11.2. The minimum Gasteiger partial charge on any atom is -0.469 e. The molecule has 0 saturated heterocycles. The minimum atomic E-state index is -0.427. The number of methoxy groups -OCH3 is 1. The Morgan fingerprint density at radius 1 is 0.949 bits per heavy atom. The van der Waals surface area contributed by atoms with Crippen LogP contribution in [-0.4, -0.2) is 34.5 Å². The lowest BCUT2D eigenvalue weighted by Crippen LogP contribution is -2.49. The largest absolute Gasteiger partial charge is 0.469 e. The molecule has 4 saturated carbocycles. The van der Waals surface area contributed by atoms with Crippen molar-refractivity contribution in [3.63, 3.8) is 0 Å². The lowest BCUT2D eigenvalue weighted by atomic mass is 9.48. The summed E-state index contributed by atoms with van der Waals surface area (Å²) in [7, 11) is 1.35. The predicted molar refractivity (Wildman–Crippen MR) is 149 cm³/mol. The fourth-order valence-corrected chi connectivity index (χ4v) is 7.86. The van der Waals surface area contributed by atoms with Gasteiger partial charge in [0.05, 0.1) is 41.9 Å². The molecule has 4 bridgehead atoms. The molecule has 1 amide bonds. The van der Waals surface area contributed by atoms with Gasteiger partial charge in [0.2, 0.25) is 0 Å². The van der Waals surface area contributed by atoms with Gasteiger partial charge < -0.3 is 4.74 Å². The zero-order valence-electron chi connectivity index (χ0n) is 22.1. The molecule has 7 heteroatoms. The van der Waals surface area contributed by atoms with Gasteiger partial charge in [-0.3, -0.25) is 9.59 Å². The van der Waals surface area contributed by atoms with Crippen LogP contribution in [0.25, 0.3) is 11.8 Å². The number of rotatable bonds is 6. The van der Waals surface area contributed by atoms with Gasteiger partial charge in [0, 0.05) is 17.2 Å². The van der Waals surface area contributed by atoms with E-state index in [1.807, 2.05) is 65.5 Å². The molecule has 3 aromatic rings. The Morgan fingerprint density at radius 2 is 1.54 bits per heavy atom. The number of amides is 1. The van der Waals surface area contributed by atoms with Crippen LogP contribution in [0.2, 0.25) is 0 Å². The second-order valence-electron chi connectivity index (χ2n) is 11.7. The maximum atomic E-state index is 13.8. The summed E-state index contributed by atoms with van der Waals surface area (Å²) in [6.07, 6.45) is 11.4. The molecule has 1 aliphatic heterocycles. The molecule has 198 valence electrons. The van der Waals surface area contributed by atoms with Gasteiger partial charge in [-0.2, -0.15) is 15.2 Å². The van der Waals surface area contributed by atoms with Crippen molar-refractivity contribution in [2.45, 2.75) is 50.4 Å². The molecule has 8 rings (SSSR count). The molecule has 0 unspecified atom stereocenters. The Morgan fingerprint density at radius 3 is 2.13 bits per heavy atom. The number of anilines is 1. The molecule has 5 aliphatic rings. The molecule has 4 aliphatic carbocycles. The van der Waals surface area contributed by atoms with Crippen molar-refractivity contribution < 1.29 is 14.3 Å². The highest BCUT2D eigenvalue weighted by Gasteiger charge is 2.53. The third-order valence-corrected chi connectivity index (χ3v) is 9.10. The third-order valence-electron chi connectivity index (χ3n) is 9.10. The van der Waals surface area contributed by atoms with Gasteiger partial charge in [-0.15, -0.1) is 0 Å². The topological polar surface area (TPSA) is 76.8 Å². The molecule has 0 radical (unpaired) electrons. The van der Waals surface area contributed by atoms with Crippen molar-refractivity contribution in [1.82, 2.24) is 9.78 Å². The first-order valence-corrected chi connectivity index (χ1v) is 13.9. The molecule has 4 fully saturated rings. The van der Waals surface area contributed by atoms with Gasteiger partial charge >= 0.3 is 5.97 Å². The standard InChI is InChI=1S/C32H32N4O3/c1-39-29(37)16-28-27(31(38)36(33-28)26-10-6-3-7-11-26)15-24-20-35(25-8-4-2-5-9-25)34-30(24)32-17-21-12-22(18-32)14-23(13-21)19-32/h2-11,15,20-23H,12-14,16-19H2,1H3/b27-15+. The highest BCUT2D eigenvalue weighted by Crippen LogP contribution is 2.61. The summed E-state index contributed by atoms with van der Waals surface area (Å²) in [5.41, 5.74) is 4.54. The Hall–Kier alpha value is -4.00. The molecular weight excluding hydrogens is 488 g/mol. The van der Waals surface area contributed by atoms with Crippen LogP contribution in [-0.2, 0) is 19.7 Å². The number of carbonyl (C=O) groups is 2. The van der Waals surface area contributed by atoms with Crippen LogP contribution in [0.4, 0.5) is 5.69 Å². The fourth-order valence-electron chi connectivity index (χ4n) is 7.86. The number of para-hydroxylation sites is 2. The van der Waals surface area contributed by atoms with Crippen molar-refractivity contribution >= 4 is 29.4 Å². The first-order chi connectivity index (χ1) is 19.0. The van der Waals surface area contributed by atoms with Gasteiger partial charge in [-0.1, -0.05) is 36.4 Å². The minimum absolute atomic E-state index is 0.0294. The Labute approximate surface area is 228 Å². The Bertz CT molecular complexity index is 1450. The van der Waals surface area contributed by atoms with Crippen molar-refractivity contribution in [1.29, 1.82) is 0 Å². The number of aromatic nitrogens is 2. The number of nitrogens with zero attached hydrogens (tertiary/aromatic N) is 4. The van der Waals surface area contributed by atoms with Crippen molar-refractivity contribution in [3.8, 4) is 5.69 Å². The second-order valence-corrected chi connectivity index (χ2v) is 11.7. The van der Waals surface area contributed by atoms with Crippen molar-refractivity contribution in [2.24, 2.45) is 22.9 Å². The van der Waals surface area contributed by atoms with E-state index in [2.05, 4.69) is 17.2 Å². The predicted octanol–water partition coefficient (Wildman–Crippen LogP) is 5.69. The van der Waals surface area contributed by atoms with E-state index in [-0.39, 0.29) is 17.7 Å². The molecule has 39 heavy (non-hydrogen) atoms. The van der Waals surface area contributed by atoms with Crippen LogP contribution in [0.1, 0.15) is 56.2 Å². The lowest BCUT2D eigenvalue weighted by molar-refractivity contribution is -0.139. The molecule has 2 heterocycles. The summed E-state index contributed by atoms with van der Waals surface area (Å²) in [4.78, 5) is 26.1. The number of ether oxygens (including phenoxy) is 1. The molecule has 0 atom stereocenters. The quantitative estimate of drug-likeness (QED) is 0.309. The van der Waals surface area contributed by atoms with Crippen molar-refractivity contribution in [3.05, 3.63) is 83.7 Å². The van der Waals surface area contributed by atoms with Crippen LogP contribution in [0.15, 0.2) is 77.5 Å². The first-order valence-electron chi connectivity index (χ1n) is 13.9. The zero-order valence-corrected chi connectivity index (χ0v) is 22.1. The van der Waals surface area contributed by atoms with E-state index in [1.165, 1.54) is 31.4 Å². The van der Waals surface area contributed by atoms with Crippen LogP contribution in [0, 0.1) is 17.8 Å². The molecule has 0 N–H and O–H groups in total. The van der Waals surface area contributed by atoms with Gasteiger partial charge in [0.1, 0.15) is 0 Å². The van der Waals surface area contributed by atoms with Gasteiger partial charge in [-0.25, -0.2) is 4.68 Å². The van der Waals surface area contributed by atoms with Crippen LogP contribution in [0.3, 0.4) is 0 Å². The first kappa shape index (κ1) is 24.1. The Balaban J connectivity index is 1.35. The fraction of sp³-hybridized carbons (Fsp3) is 0.375. The van der Waals surface area contributed by atoms with Gasteiger partial charge in [0.15, 0.2) is 0 Å². The Kier molecular flexibility index (Phi) is 5.76. The molecule has 7 nitrogen and oxygen atoms in total. The normalized spacial score (nSPS) is 28.3. The summed E-state index contributed by atoms with van der Waals surface area (Å²) in [6.45, 7) is 0. The number of hydrogen-bond donors (Lipinski definition) is 0. The number of carbonyl (C=O) groups excluding carboxylic acids is 2. The van der Waals surface area contributed by atoms with E-state index in [9.17, 15) is 9.59 Å². The second kappa shape index (κ2) is 9.33. The number of benzene rings is 2. The van der Waals surface area contributed by atoms with E-state index < -0.39 is 5.97 Å². The molecule has 1 aromatic heterocycles. The molecular formula is C32H32N4O3. The molecule has 2 aromatic carbocycles. The number of hydrazone groups is 1. The van der Waals surface area contributed by atoms with Crippen LogP contribution in [0.5, 0.6) is 0 Å². The summed E-state index contributed by atoms with van der Waals surface area (Å²) in [6, 6.07) is 19.4. The van der Waals surface area contributed by atoms with Crippen molar-refractivity contribution in [2.75, 3.05) is 12.1 Å². The maximum absolute atomic E-state index is 13.8.